The fourth-order valence-electron chi connectivity index (χ4n) is 4.92. The lowest BCUT2D eigenvalue weighted by Crippen LogP contribution is -2.29. The molecule has 1 aromatic heterocycles. The molecular weight excluding hydrogens is 470 g/mol. The molecule has 0 bridgehead atoms. The molecule has 4 aromatic rings. The van der Waals surface area contributed by atoms with E-state index in [1.165, 1.54) is 11.1 Å². The topological polar surface area (TPSA) is 78.9 Å². The predicted octanol–water partition coefficient (Wildman–Crippen LogP) is 7.07. The second-order valence-electron chi connectivity index (χ2n) is 9.84. The molecule has 182 valence electrons. The maximum atomic E-state index is 12.8. The minimum atomic E-state index is -0.0790. The molecule has 1 heterocycles. The molecule has 0 spiro atoms. The van der Waals surface area contributed by atoms with Crippen molar-refractivity contribution in [2.75, 3.05) is 6.54 Å². The van der Waals surface area contributed by atoms with Crippen LogP contribution in [0.3, 0.4) is 0 Å². The van der Waals surface area contributed by atoms with E-state index in [2.05, 4.69) is 42.4 Å². The van der Waals surface area contributed by atoms with Crippen LogP contribution >= 0.6 is 11.6 Å². The number of hydrogen-bond acceptors (Lipinski definition) is 4. The number of carbonyl (C=O) groups excluding carboxylic acids is 1. The Bertz CT molecular complexity index is 1460. The average Bonchev–Trinajstić information content (AvgIpc) is 3.21. The van der Waals surface area contributed by atoms with Crippen molar-refractivity contribution < 1.29 is 9.21 Å². The van der Waals surface area contributed by atoms with Gasteiger partial charge >= 0.3 is 0 Å². The fourth-order valence-corrected chi connectivity index (χ4v) is 5.11. The van der Waals surface area contributed by atoms with Crippen LogP contribution in [0.4, 0.5) is 0 Å². The number of fused-ring (bicyclic) bond motifs is 2. The molecule has 0 saturated heterocycles. The molecule has 3 aromatic carbocycles. The molecule has 1 aliphatic rings. The first-order valence-corrected chi connectivity index (χ1v) is 12.8. The predicted molar refractivity (Wildman–Crippen MR) is 142 cm³/mol. The summed E-state index contributed by atoms with van der Waals surface area (Å²) in [6.07, 6.45) is 4.10. The van der Waals surface area contributed by atoms with E-state index in [1.807, 2.05) is 24.3 Å². The highest BCUT2D eigenvalue weighted by Gasteiger charge is 2.19. The van der Waals surface area contributed by atoms with Crippen LogP contribution in [-0.2, 0) is 12.8 Å². The number of nitriles is 1. The molecular formula is C30H28ClN3O2. The van der Waals surface area contributed by atoms with Gasteiger partial charge in [-0.25, -0.2) is 4.98 Å². The van der Waals surface area contributed by atoms with Crippen molar-refractivity contribution in [1.82, 2.24) is 10.3 Å². The molecule has 1 unspecified atom stereocenters. The van der Waals surface area contributed by atoms with Crippen LogP contribution in [0.2, 0.25) is 5.02 Å². The molecule has 6 heteroatoms. The zero-order valence-corrected chi connectivity index (χ0v) is 21.2. The Hall–Kier alpha value is -3.62. The highest BCUT2D eigenvalue weighted by molar-refractivity contribution is 6.30. The summed E-state index contributed by atoms with van der Waals surface area (Å²) in [5, 5.41) is 13.2. The van der Waals surface area contributed by atoms with E-state index in [-0.39, 0.29) is 11.8 Å². The zero-order chi connectivity index (χ0) is 25.2. The third-order valence-corrected chi connectivity index (χ3v) is 7.26. The summed E-state index contributed by atoms with van der Waals surface area (Å²) >= 11 is 6.16. The molecule has 0 radical (unpaired) electrons. The summed E-state index contributed by atoms with van der Waals surface area (Å²) in [7, 11) is 0. The Morgan fingerprint density at radius 1 is 1.11 bits per heavy atom. The van der Waals surface area contributed by atoms with Gasteiger partial charge in [-0.2, -0.15) is 5.26 Å². The summed E-state index contributed by atoms with van der Waals surface area (Å²) in [5.41, 5.74) is 6.99. The Labute approximate surface area is 216 Å². The van der Waals surface area contributed by atoms with Crippen molar-refractivity contribution in [2.24, 2.45) is 5.92 Å². The molecule has 1 atom stereocenters. The summed E-state index contributed by atoms with van der Waals surface area (Å²) in [6, 6.07) is 19.3. The van der Waals surface area contributed by atoms with E-state index in [0.717, 1.165) is 41.8 Å². The number of benzene rings is 3. The Kier molecular flexibility index (Phi) is 6.80. The number of amides is 1. The Balaban J connectivity index is 1.25. The molecule has 0 saturated carbocycles. The lowest BCUT2D eigenvalue weighted by molar-refractivity contribution is 0.0946. The number of carbonyl (C=O) groups is 1. The first-order chi connectivity index (χ1) is 17.4. The van der Waals surface area contributed by atoms with Crippen LogP contribution in [0, 0.1) is 17.2 Å². The molecule has 1 N–H and O–H groups in total. The van der Waals surface area contributed by atoms with Gasteiger partial charge in [-0.1, -0.05) is 31.5 Å². The average molecular weight is 498 g/mol. The van der Waals surface area contributed by atoms with Gasteiger partial charge in [-0.05, 0) is 97.2 Å². The summed E-state index contributed by atoms with van der Waals surface area (Å²) in [4.78, 5) is 17.4. The van der Waals surface area contributed by atoms with Crippen LogP contribution in [0.15, 0.2) is 59.0 Å². The van der Waals surface area contributed by atoms with E-state index in [9.17, 15) is 10.1 Å². The molecule has 1 amide bonds. The summed E-state index contributed by atoms with van der Waals surface area (Å²) in [6.45, 7) is 4.79. The molecule has 5 rings (SSSR count). The number of halogens is 1. The second-order valence-corrected chi connectivity index (χ2v) is 10.3. The summed E-state index contributed by atoms with van der Waals surface area (Å²) < 4.78 is 6.09. The molecule has 5 nitrogen and oxygen atoms in total. The van der Waals surface area contributed by atoms with Gasteiger partial charge in [0, 0.05) is 28.3 Å². The first-order valence-electron chi connectivity index (χ1n) is 12.4. The van der Waals surface area contributed by atoms with Crippen LogP contribution in [0.1, 0.15) is 65.2 Å². The molecule has 1 aliphatic carbocycles. The van der Waals surface area contributed by atoms with Gasteiger partial charge in [-0.15, -0.1) is 0 Å². The van der Waals surface area contributed by atoms with Crippen LogP contribution in [-0.4, -0.2) is 17.4 Å². The van der Waals surface area contributed by atoms with Crippen molar-refractivity contribution in [2.45, 2.75) is 45.4 Å². The van der Waals surface area contributed by atoms with Gasteiger partial charge < -0.3 is 9.73 Å². The lowest BCUT2D eigenvalue weighted by Gasteiger charge is -2.15. The van der Waals surface area contributed by atoms with Crippen molar-refractivity contribution in [1.29, 1.82) is 5.26 Å². The van der Waals surface area contributed by atoms with E-state index < -0.39 is 0 Å². The number of rotatable bonds is 5. The number of nitrogens with zero attached hydrogens (tertiary/aromatic N) is 2. The van der Waals surface area contributed by atoms with Crippen LogP contribution < -0.4 is 5.32 Å². The number of nitrogens with one attached hydrogen (secondary N) is 1. The van der Waals surface area contributed by atoms with Crippen LogP contribution in [0.25, 0.3) is 22.6 Å². The maximum Gasteiger partial charge on any atom is 0.251 e. The third-order valence-electron chi connectivity index (χ3n) is 7.03. The summed E-state index contributed by atoms with van der Waals surface area (Å²) in [5.74, 6) is 1.04. The second kappa shape index (κ2) is 10.2. The standard InChI is InChI=1S/C30H28ClN3O2/c1-18(2)26-13-20(16-32)14-27-28(26)36-30(34-27)23-9-7-22(8-10-23)29(35)33-17-19-3-5-21-11-12-25(31)15-24(21)6-4-19/h7-15,18-19H,3-6,17H2,1-2H3,(H,33,35). The normalized spacial score (nSPS) is 15.4. The maximum absolute atomic E-state index is 12.8. The van der Waals surface area contributed by atoms with Crippen molar-refractivity contribution >= 4 is 28.6 Å². The minimum Gasteiger partial charge on any atom is -0.436 e. The van der Waals surface area contributed by atoms with Gasteiger partial charge in [-0.3, -0.25) is 4.79 Å². The minimum absolute atomic E-state index is 0.0790. The molecule has 0 aliphatic heterocycles. The Morgan fingerprint density at radius 2 is 1.86 bits per heavy atom. The third kappa shape index (κ3) is 5.01. The van der Waals surface area contributed by atoms with Crippen molar-refractivity contribution in [3.05, 3.63) is 87.4 Å². The number of oxazole rings is 1. The van der Waals surface area contributed by atoms with Crippen molar-refractivity contribution in [3.8, 4) is 17.5 Å². The largest absolute Gasteiger partial charge is 0.436 e. The smallest absolute Gasteiger partial charge is 0.251 e. The fraction of sp³-hybridized carbons (Fsp3) is 0.300. The number of aryl methyl sites for hydroxylation is 2. The lowest BCUT2D eigenvalue weighted by atomic mass is 9.99. The van der Waals surface area contributed by atoms with Gasteiger partial charge in [0.2, 0.25) is 5.89 Å². The molecule has 0 fully saturated rings. The van der Waals surface area contributed by atoms with Gasteiger partial charge in [0.05, 0.1) is 11.6 Å². The van der Waals surface area contributed by atoms with Gasteiger partial charge in [0.25, 0.3) is 5.91 Å². The van der Waals surface area contributed by atoms with E-state index in [0.29, 0.717) is 40.6 Å². The number of hydrogen-bond donors (Lipinski definition) is 1. The highest BCUT2D eigenvalue weighted by Crippen LogP contribution is 2.32. The number of aromatic nitrogens is 1. The first kappa shape index (κ1) is 24.1. The monoisotopic (exact) mass is 497 g/mol. The quantitative estimate of drug-likeness (QED) is 0.299. The van der Waals surface area contributed by atoms with Gasteiger partial charge in [0.1, 0.15) is 5.52 Å². The van der Waals surface area contributed by atoms with Crippen LogP contribution in [0.5, 0.6) is 0 Å². The SMILES string of the molecule is CC(C)c1cc(C#N)cc2nc(-c3ccc(C(=O)NCC4CCc5ccc(Cl)cc5CC4)cc3)oc12. The van der Waals surface area contributed by atoms with E-state index in [4.69, 9.17) is 16.0 Å². The molecule has 36 heavy (non-hydrogen) atoms. The van der Waals surface area contributed by atoms with E-state index in [1.54, 1.807) is 18.2 Å². The van der Waals surface area contributed by atoms with Crippen molar-refractivity contribution in [3.63, 3.8) is 0 Å². The van der Waals surface area contributed by atoms with E-state index >= 15 is 0 Å². The highest BCUT2D eigenvalue weighted by atomic mass is 35.5. The van der Waals surface area contributed by atoms with Gasteiger partial charge in [0.15, 0.2) is 5.58 Å². The zero-order valence-electron chi connectivity index (χ0n) is 20.5. The Morgan fingerprint density at radius 3 is 2.58 bits per heavy atom.